The Morgan fingerprint density at radius 1 is 1.07 bits per heavy atom. The van der Waals surface area contributed by atoms with Gasteiger partial charge in [0, 0.05) is 68.6 Å². The van der Waals surface area contributed by atoms with Gasteiger partial charge < -0.3 is 40.9 Å². The maximum atomic E-state index is 15.2. The Morgan fingerprint density at radius 3 is 2.34 bits per heavy atom. The highest BCUT2D eigenvalue weighted by atomic mass is 35.5. The van der Waals surface area contributed by atoms with Gasteiger partial charge in [-0.25, -0.2) is 14.4 Å². The summed E-state index contributed by atoms with van der Waals surface area (Å²) in [5, 5.41) is 23.0. The predicted octanol–water partition coefficient (Wildman–Crippen LogP) is 7.51. The zero-order valence-corrected chi connectivity index (χ0v) is 45.7. The summed E-state index contributed by atoms with van der Waals surface area (Å²) in [7, 11) is 3.25. The second-order valence-electron chi connectivity index (χ2n) is 20.6. The number of hydrogen-bond donors (Lipinski definition) is 5. The number of rotatable bonds is 20. The average Bonchev–Trinajstić information content (AvgIpc) is 3.79. The zero-order valence-electron chi connectivity index (χ0n) is 43.3. The van der Waals surface area contributed by atoms with E-state index in [0.29, 0.717) is 58.7 Å². The van der Waals surface area contributed by atoms with Crippen LogP contribution in [0.25, 0.3) is 10.4 Å². The number of aromatic nitrogens is 3. The molecule has 4 fully saturated rings. The smallest absolute Gasteiger partial charge is 0.258 e. The summed E-state index contributed by atoms with van der Waals surface area (Å²) in [6.07, 6.45) is 8.31. The Balaban J connectivity index is 0.905. The molecule has 4 aliphatic rings. The van der Waals surface area contributed by atoms with Crippen molar-refractivity contribution in [1.82, 2.24) is 40.3 Å². The number of ether oxygens (including phenoxy) is 1. The van der Waals surface area contributed by atoms with Gasteiger partial charge in [-0.15, -0.1) is 11.3 Å². The number of aliphatic hydroxyl groups is 1. The first-order valence-corrected chi connectivity index (χ1v) is 27.5. The number of benzene rings is 1. The van der Waals surface area contributed by atoms with Crippen LogP contribution in [-0.4, -0.2) is 145 Å². The Hall–Kier alpha value is -5.08. The molecular weight excluding hydrogens is 991 g/mol. The van der Waals surface area contributed by atoms with Crippen molar-refractivity contribution in [2.45, 2.75) is 134 Å². The standard InChI is InChI=1S/C53H72ClFN10O6S2/c1-10-41(60-51-58-24-40(54)46(56-8)62-51)43(71-9)21-31(2)48(68)63-25-32(3)64(33(4)26-63)27-36-11-13-37(14-12-36)29-73-52(6,7)45(61-50(70)53(55)19-20-53)49(69)65-28-39(66)22-42(65)47(67)57-23-35-15-17-38(18-16-35)44-34(5)59-30-72-44/h10,15-18,21,24,30,32-33,36-37,39,42,45,66H,2,11-14,19-20,22-23,25-29H2,1,3-9H3,(H,57,67)(H,61,70)(H2,56,58,60,62)/b41-10+,43-21+/t32-,33+,36?,37?,39-,42+,45?/m1/s1. The number of anilines is 2. The van der Waals surface area contributed by atoms with Gasteiger partial charge in [-0.1, -0.05) is 48.5 Å². The van der Waals surface area contributed by atoms with E-state index in [1.807, 2.05) is 62.4 Å². The minimum Gasteiger partial charge on any atom is -0.495 e. The fourth-order valence-corrected chi connectivity index (χ4v) is 12.4. The first-order chi connectivity index (χ1) is 34.7. The first-order valence-electron chi connectivity index (χ1n) is 25.3. The number of amides is 4. The van der Waals surface area contributed by atoms with Crippen LogP contribution in [-0.2, 0) is 30.5 Å². The molecule has 73 heavy (non-hydrogen) atoms. The molecule has 4 amide bonds. The second-order valence-corrected chi connectivity index (χ2v) is 23.5. The number of thiazole rings is 1. The molecule has 2 saturated heterocycles. The molecule has 5 atom stereocenters. The van der Waals surface area contributed by atoms with Crippen LogP contribution >= 0.6 is 34.7 Å². The van der Waals surface area contributed by atoms with Crippen molar-refractivity contribution in [3.05, 3.63) is 88.0 Å². The average molecular weight is 1060 g/mol. The van der Waals surface area contributed by atoms with Gasteiger partial charge in [0.05, 0.1) is 41.2 Å². The quantitative estimate of drug-likeness (QED) is 0.0425. The molecule has 396 valence electrons. The summed E-state index contributed by atoms with van der Waals surface area (Å²) >= 11 is 9.32. The fraction of sp³-hybridized carbons (Fsp3) is 0.566. The minimum atomic E-state index is -2.01. The lowest BCUT2D eigenvalue weighted by Gasteiger charge is -2.46. The maximum Gasteiger partial charge on any atom is 0.258 e. The third-order valence-electron chi connectivity index (χ3n) is 14.7. The number of alkyl halides is 1. The lowest BCUT2D eigenvalue weighted by Crippen LogP contribution is -2.61. The normalized spacial score (nSPS) is 23.9. The van der Waals surface area contributed by atoms with Crippen molar-refractivity contribution in [2.75, 3.05) is 56.7 Å². The molecule has 2 aliphatic carbocycles. The van der Waals surface area contributed by atoms with E-state index in [1.165, 1.54) is 18.2 Å². The first kappa shape index (κ1) is 55.7. The number of thioether (sulfide) groups is 1. The number of methoxy groups -OCH3 is 1. The van der Waals surface area contributed by atoms with Crippen molar-refractivity contribution in [1.29, 1.82) is 0 Å². The number of halogens is 2. The number of aryl methyl sites for hydroxylation is 1. The van der Waals surface area contributed by atoms with E-state index in [0.717, 1.165) is 59.7 Å². The Morgan fingerprint density at radius 2 is 1.74 bits per heavy atom. The van der Waals surface area contributed by atoms with E-state index in [-0.39, 0.29) is 50.3 Å². The zero-order chi connectivity index (χ0) is 52.8. The second kappa shape index (κ2) is 24.1. The molecule has 2 saturated carbocycles. The highest BCUT2D eigenvalue weighted by Gasteiger charge is 2.54. The van der Waals surface area contributed by atoms with E-state index in [1.54, 1.807) is 42.3 Å². The molecule has 4 heterocycles. The van der Waals surface area contributed by atoms with Crippen LogP contribution in [0.2, 0.25) is 5.02 Å². The molecule has 0 spiro atoms. The summed E-state index contributed by atoms with van der Waals surface area (Å²) in [6, 6.07) is 6.02. The Kier molecular flexibility index (Phi) is 18.4. The Labute approximate surface area is 442 Å². The predicted molar refractivity (Wildman–Crippen MR) is 288 cm³/mol. The van der Waals surface area contributed by atoms with Gasteiger partial charge in [0.15, 0.2) is 5.67 Å². The molecule has 3 aromatic rings. The topological polar surface area (TPSA) is 194 Å². The molecule has 1 aromatic carbocycles. The highest BCUT2D eigenvalue weighted by Crippen LogP contribution is 2.42. The summed E-state index contributed by atoms with van der Waals surface area (Å²) < 4.78 is 20.0. The summed E-state index contributed by atoms with van der Waals surface area (Å²) in [4.78, 5) is 75.3. The van der Waals surface area contributed by atoms with Crippen molar-refractivity contribution in [2.24, 2.45) is 11.8 Å². The van der Waals surface area contributed by atoms with E-state index in [2.05, 4.69) is 61.5 Å². The van der Waals surface area contributed by atoms with Gasteiger partial charge in [-0.05, 0) is 115 Å². The Bertz CT molecular complexity index is 2540. The van der Waals surface area contributed by atoms with E-state index in [4.69, 9.17) is 16.3 Å². The van der Waals surface area contributed by atoms with Gasteiger partial charge in [0.25, 0.3) is 11.8 Å². The third kappa shape index (κ3) is 13.6. The van der Waals surface area contributed by atoms with Crippen LogP contribution in [0.3, 0.4) is 0 Å². The van der Waals surface area contributed by atoms with Gasteiger partial charge >= 0.3 is 0 Å². The van der Waals surface area contributed by atoms with Crippen LogP contribution in [0.5, 0.6) is 0 Å². The van der Waals surface area contributed by atoms with E-state index in [9.17, 15) is 24.3 Å². The van der Waals surface area contributed by atoms with Crippen molar-refractivity contribution < 1.29 is 33.4 Å². The van der Waals surface area contributed by atoms with E-state index >= 15 is 4.39 Å². The number of nitrogens with zero attached hydrogens (tertiary/aromatic N) is 6. The number of nitrogens with one attached hydrogen (secondary N) is 4. The van der Waals surface area contributed by atoms with Crippen molar-refractivity contribution in [3.8, 4) is 10.4 Å². The van der Waals surface area contributed by atoms with Gasteiger partial charge in [0.1, 0.15) is 28.7 Å². The number of carbonyl (C=O) groups excluding carboxylic acids is 4. The number of β-amino-alcohol motifs (C(OH)–C–C–N with tert-alkyl or cyclic N) is 1. The van der Waals surface area contributed by atoms with Crippen LogP contribution in [0, 0.1) is 18.8 Å². The SMILES string of the molecule is C=C(/C=C(OC)\C(=C/C)Nc1ncc(Cl)c(NC)n1)C(=O)N1C[C@@H](C)N(CC2CCC(CSC(C)(C)C(NC(=O)C3(F)CC3)C(=O)N3C[C@H](O)C[C@H]3C(=O)NCc3ccc(-c4scnc4C)cc3)CC2)[C@@H](C)C1. The van der Waals surface area contributed by atoms with Crippen LogP contribution in [0.15, 0.2) is 71.7 Å². The molecule has 2 aromatic heterocycles. The molecule has 16 nitrogen and oxygen atoms in total. The lowest BCUT2D eigenvalue weighted by atomic mass is 9.82. The summed E-state index contributed by atoms with van der Waals surface area (Å²) in [5.41, 5.74) is 3.52. The van der Waals surface area contributed by atoms with Crippen LogP contribution in [0.1, 0.15) is 90.8 Å². The maximum absolute atomic E-state index is 15.2. The fourth-order valence-electron chi connectivity index (χ4n) is 10.1. The minimum absolute atomic E-state index is 0.0538. The largest absolute Gasteiger partial charge is 0.495 e. The van der Waals surface area contributed by atoms with Gasteiger partial charge in [-0.2, -0.15) is 16.7 Å². The lowest BCUT2D eigenvalue weighted by molar-refractivity contribution is -0.143. The number of piperazine rings is 1. The number of likely N-dealkylation sites (tertiary alicyclic amines) is 1. The van der Waals surface area contributed by atoms with Crippen molar-refractivity contribution >= 4 is 70.1 Å². The van der Waals surface area contributed by atoms with Crippen molar-refractivity contribution in [3.63, 3.8) is 0 Å². The monoisotopic (exact) mass is 1060 g/mol. The van der Waals surface area contributed by atoms with Crippen LogP contribution in [0.4, 0.5) is 16.2 Å². The van der Waals surface area contributed by atoms with E-state index < -0.39 is 46.3 Å². The number of hydrogen-bond acceptors (Lipinski definition) is 14. The molecule has 0 radical (unpaired) electrons. The molecule has 2 aliphatic heterocycles. The molecule has 1 unspecified atom stereocenters. The number of carbonyl (C=O) groups is 4. The summed E-state index contributed by atoms with van der Waals surface area (Å²) in [6.45, 7) is 18.2. The number of aliphatic hydroxyl groups excluding tert-OH is 1. The molecule has 0 bridgehead atoms. The third-order valence-corrected chi connectivity index (χ3v) is 17.6. The van der Waals surface area contributed by atoms with Crippen LogP contribution < -0.4 is 21.3 Å². The highest BCUT2D eigenvalue weighted by molar-refractivity contribution is 8.00. The van der Waals surface area contributed by atoms with Gasteiger partial charge in [-0.3, -0.25) is 24.1 Å². The molecular formula is C53H72ClFN10O6S2. The molecule has 7 rings (SSSR count). The van der Waals surface area contributed by atoms with Gasteiger partial charge in [0.2, 0.25) is 17.8 Å². The number of allylic oxidation sites excluding steroid dienone is 1. The summed E-state index contributed by atoms with van der Waals surface area (Å²) in [5.74, 6) is 0.891. The molecule has 20 heteroatoms. The molecule has 5 N–H and O–H groups in total.